The molecule has 0 fully saturated rings. The number of benzene rings is 1. The Morgan fingerprint density at radius 1 is 1.14 bits per heavy atom. The number of carbonyl (C=O) groups excluding carboxylic acids is 5. The van der Waals surface area contributed by atoms with Crippen LogP contribution in [-0.4, -0.2) is 47.8 Å². The summed E-state index contributed by atoms with van der Waals surface area (Å²) in [5.41, 5.74) is 0.200. The fourth-order valence-corrected chi connectivity index (χ4v) is 2.68. The van der Waals surface area contributed by atoms with E-state index in [2.05, 4.69) is 5.32 Å². The maximum absolute atomic E-state index is 12.6. The maximum Gasteiger partial charge on any atom is 0.338 e. The highest BCUT2D eigenvalue weighted by Gasteiger charge is 2.36. The van der Waals surface area contributed by atoms with Crippen molar-refractivity contribution in [3.05, 3.63) is 59.0 Å². The number of furan rings is 1. The molecule has 10 heteroatoms. The Labute approximate surface area is 164 Å². The van der Waals surface area contributed by atoms with Crippen molar-refractivity contribution in [2.45, 2.75) is 19.6 Å². The molecule has 1 aromatic heterocycles. The zero-order valence-electron chi connectivity index (χ0n) is 15.6. The van der Waals surface area contributed by atoms with Gasteiger partial charge in [-0.3, -0.25) is 24.6 Å². The number of esters is 1. The highest BCUT2D eigenvalue weighted by molar-refractivity contribution is 6.21. The molecule has 5 amide bonds. The van der Waals surface area contributed by atoms with E-state index < -0.39 is 35.8 Å². The monoisotopic (exact) mass is 399 g/mol. The Hall–Kier alpha value is -3.95. The van der Waals surface area contributed by atoms with E-state index in [9.17, 15) is 24.0 Å². The Morgan fingerprint density at radius 3 is 2.52 bits per heavy atom. The van der Waals surface area contributed by atoms with Crippen LogP contribution in [0.5, 0.6) is 0 Å². The number of hydrogen-bond acceptors (Lipinski definition) is 7. The summed E-state index contributed by atoms with van der Waals surface area (Å²) in [6.07, 6.45) is 0.184. The third-order valence-corrected chi connectivity index (χ3v) is 4.22. The minimum atomic E-state index is -1.25. The number of carbonyl (C=O) groups is 5. The van der Waals surface area contributed by atoms with Crippen molar-refractivity contribution in [3.8, 4) is 0 Å². The first-order chi connectivity index (χ1) is 13.8. The molecule has 0 bridgehead atoms. The lowest BCUT2D eigenvalue weighted by Gasteiger charge is -2.13. The van der Waals surface area contributed by atoms with Gasteiger partial charge >= 0.3 is 12.0 Å². The van der Waals surface area contributed by atoms with E-state index in [1.165, 1.54) is 38.4 Å². The summed E-state index contributed by atoms with van der Waals surface area (Å²) < 4.78 is 10.2. The van der Waals surface area contributed by atoms with E-state index in [1.807, 2.05) is 5.32 Å². The summed E-state index contributed by atoms with van der Waals surface area (Å²) >= 11 is 0. The number of amides is 5. The average Bonchev–Trinajstić information content (AvgIpc) is 3.30. The molecule has 0 spiro atoms. The van der Waals surface area contributed by atoms with Gasteiger partial charge in [0.15, 0.2) is 6.10 Å². The molecule has 0 saturated heterocycles. The number of rotatable bonds is 5. The lowest BCUT2D eigenvalue weighted by Crippen LogP contribution is -2.43. The van der Waals surface area contributed by atoms with E-state index in [0.717, 1.165) is 4.90 Å². The quantitative estimate of drug-likeness (QED) is 0.567. The Morgan fingerprint density at radius 2 is 1.86 bits per heavy atom. The summed E-state index contributed by atoms with van der Waals surface area (Å²) in [6.45, 7) is 1.26. The first kappa shape index (κ1) is 19.8. The molecule has 2 N–H and O–H groups in total. The lowest BCUT2D eigenvalue weighted by atomic mass is 10.1. The van der Waals surface area contributed by atoms with Crippen molar-refractivity contribution in [2.75, 3.05) is 7.05 Å². The fraction of sp³-hybridized carbons (Fsp3) is 0.211. The molecule has 0 unspecified atom stereocenters. The SMILES string of the molecule is CNC(=O)NC(=O)[C@H](C)OC(=O)c1ccc2c(c1)C(=O)N(Cc1ccco1)C2=O. The molecule has 3 rings (SSSR count). The second-order valence-electron chi connectivity index (χ2n) is 6.15. The topological polar surface area (TPSA) is 135 Å². The normalized spacial score (nSPS) is 13.7. The molecule has 1 atom stereocenters. The van der Waals surface area contributed by atoms with E-state index in [4.69, 9.17) is 9.15 Å². The molecule has 2 heterocycles. The van der Waals surface area contributed by atoms with Crippen LogP contribution in [0.3, 0.4) is 0 Å². The third kappa shape index (κ3) is 4.00. The Bertz CT molecular complexity index is 997. The van der Waals surface area contributed by atoms with Crippen LogP contribution in [0.15, 0.2) is 41.0 Å². The highest BCUT2D eigenvalue weighted by atomic mass is 16.5. The zero-order chi connectivity index (χ0) is 21.1. The molecule has 0 aliphatic carbocycles. The second kappa shape index (κ2) is 7.97. The maximum atomic E-state index is 12.6. The Balaban J connectivity index is 1.73. The van der Waals surface area contributed by atoms with Gasteiger partial charge in [-0.2, -0.15) is 0 Å². The van der Waals surface area contributed by atoms with Gasteiger partial charge in [0.2, 0.25) is 0 Å². The zero-order valence-corrected chi connectivity index (χ0v) is 15.6. The van der Waals surface area contributed by atoms with Gasteiger partial charge < -0.3 is 14.5 Å². The summed E-state index contributed by atoms with van der Waals surface area (Å²) in [6, 6.07) is 6.45. The second-order valence-corrected chi connectivity index (χ2v) is 6.15. The van der Waals surface area contributed by atoms with Crippen LogP contribution in [0.1, 0.15) is 43.8 Å². The van der Waals surface area contributed by atoms with E-state index >= 15 is 0 Å². The van der Waals surface area contributed by atoms with Gasteiger partial charge in [-0.1, -0.05) is 0 Å². The van der Waals surface area contributed by atoms with Crippen molar-refractivity contribution in [1.29, 1.82) is 0 Å². The summed E-state index contributed by atoms with van der Waals surface area (Å²) in [5, 5.41) is 4.19. The Kier molecular flexibility index (Phi) is 5.44. The fourth-order valence-electron chi connectivity index (χ4n) is 2.68. The number of fused-ring (bicyclic) bond motifs is 1. The summed E-state index contributed by atoms with van der Waals surface area (Å²) in [5.74, 6) is -2.32. The number of hydrogen-bond donors (Lipinski definition) is 2. The molecular formula is C19H17N3O7. The van der Waals surface area contributed by atoms with E-state index in [-0.39, 0.29) is 23.2 Å². The standard InChI is InChI=1S/C19H17N3O7/c1-10(15(23)21-19(27)20-2)29-18(26)11-5-6-13-14(8-11)17(25)22(16(13)24)9-12-4-3-7-28-12/h3-8,10H,9H2,1-2H3,(H2,20,21,23,27)/t10-/m0/s1. The van der Waals surface area contributed by atoms with Gasteiger partial charge in [-0.05, 0) is 37.3 Å². The van der Waals surface area contributed by atoms with Crippen LogP contribution in [0.2, 0.25) is 0 Å². The molecule has 0 radical (unpaired) electrons. The number of urea groups is 1. The van der Waals surface area contributed by atoms with Crippen molar-refractivity contribution < 1.29 is 33.1 Å². The third-order valence-electron chi connectivity index (χ3n) is 4.22. The van der Waals surface area contributed by atoms with Gasteiger partial charge in [0.25, 0.3) is 17.7 Å². The molecule has 150 valence electrons. The minimum Gasteiger partial charge on any atom is -0.467 e. The highest BCUT2D eigenvalue weighted by Crippen LogP contribution is 2.26. The largest absolute Gasteiger partial charge is 0.467 e. The predicted octanol–water partition coefficient (Wildman–Crippen LogP) is 1.08. The van der Waals surface area contributed by atoms with Crippen molar-refractivity contribution in [3.63, 3.8) is 0 Å². The molecule has 10 nitrogen and oxygen atoms in total. The van der Waals surface area contributed by atoms with Gasteiger partial charge in [0.1, 0.15) is 5.76 Å². The van der Waals surface area contributed by atoms with Crippen molar-refractivity contribution in [1.82, 2.24) is 15.5 Å². The number of ether oxygens (including phenoxy) is 1. The van der Waals surface area contributed by atoms with Crippen LogP contribution in [-0.2, 0) is 16.1 Å². The molecular weight excluding hydrogens is 382 g/mol. The van der Waals surface area contributed by atoms with E-state index in [1.54, 1.807) is 12.1 Å². The van der Waals surface area contributed by atoms with Crippen molar-refractivity contribution in [2.24, 2.45) is 0 Å². The van der Waals surface area contributed by atoms with Crippen LogP contribution in [0.25, 0.3) is 0 Å². The smallest absolute Gasteiger partial charge is 0.338 e. The van der Waals surface area contributed by atoms with Crippen molar-refractivity contribution >= 4 is 29.7 Å². The molecule has 1 aromatic carbocycles. The number of nitrogens with one attached hydrogen (secondary N) is 2. The average molecular weight is 399 g/mol. The van der Waals surface area contributed by atoms with Crippen LogP contribution in [0, 0.1) is 0 Å². The summed E-state index contributed by atoms with van der Waals surface area (Å²) in [4.78, 5) is 61.3. The summed E-state index contributed by atoms with van der Waals surface area (Å²) in [7, 11) is 1.33. The first-order valence-electron chi connectivity index (χ1n) is 8.58. The molecule has 2 aromatic rings. The number of imide groups is 2. The number of nitrogens with zero attached hydrogens (tertiary/aromatic N) is 1. The first-order valence-corrected chi connectivity index (χ1v) is 8.58. The molecule has 1 aliphatic rings. The van der Waals surface area contributed by atoms with Crippen LogP contribution < -0.4 is 10.6 Å². The lowest BCUT2D eigenvalue weighted by molar-refractivity contribution is -0.127. The van der Waals surface area contributed by atoms with Crippen LogP contribution in [0.4, 0.5) is 4.79 Å². The van der Waals surface area contributed by atoms with E-state index in [0.29, 0.717) is 5.76 Å². The predicted molar refractivity (Wildman–Crippen MR) is 96.8 cm³/mol. The van der Waals surface area contributed by atoms with Gasteiger partial charge in [-0.15, -0.1) is 0 Å². The van der Waals surface area contributed by atoms with Gasteiger partial charge in [0, 0.05) is 7.05 Å². The van der Waals surface area contributed by atoms with Gasteiger partial charge in [0.05, 0.1) is 29.5 Å². The molecule has 1 aliphatic heterocycles. The van der Waals surface area contributed by atoms with Gasteiger partial charge in [-0.25, -0.2) is 9.59 Å². The minimum absolute atomic E-state index is 0.00987. The molecule has 0 saturated carbocycles. The molecule has 29 heavy (non-hydrogen) atoms. The van der Waals surface area contributed by atoms with Crippen LogP contribution >= 0.6 is 0 Å².